The van der Waals surface area contributed by atoms with Crippen LogP contribution >= 0.6 is 0 Å². The summed E-state index contributed by atoms with van der Waals surface area (Å²) in [6.07, 6.45) is 5.80. The monoisotopic (exact) mass is 216 g/mol. The first-order valence-electron chi connectivity index (χ1n) is 5.83. The van der Waals surface area contributed by atoms with Crippen LogP contribution in [-0.2, 0) is 6.54 Å². The molecule has 2 heterocycles. The Morgan fingerprint density at radius 1 is 1.50 bits per heavy atom. The lowest BCUT2D eigenvalue weighted by atomic mass is 9.85. The van der Waals surface area contributed by atoms with Gasteiger partial charge < -0.3 is 5.73 Å². The third-order valence-corrected chi connectivity index (χ3v) is 3.53. The van der Waals surface area contributed by atoms with Crippen molar-refractivity contribution in [1.29, 1.82) is 0 Å². The van der Waals surface area contributed by atoms with E-state index in [-0.39, 0.29) is 0 Å². The number of nitrogen functional groups attached to an aromatic ring is 1. The van der Waals surface area contributed by atoms with Crippen molar-refractivity contribution in [3.8, 4) is 0 Å². The van der Waals surface area contributed by atoms with Gasteiger partial charge in [-0.05, 0) is 37.3 Å². The van der Waals surface area contributed by atoms with Crippen molar-refractivity contribution in [3.63, 3.8) is 0 Å². The van der Waals surface area contributed by atoms with Gasteiger partial charge in [-0.25, -0.2) is 9.97 Å². The van der Waals surface area contributed by atoms with Gasteiger partial charge >= 0.3 is 0 Å². The summed E-state index contributed by atoms with van der Waals surface area (Å²) in [6, 6.07) is 1.97. The lowest BCUT2D eigenvalue weighted by molar-refractivity contribution is 0.280. The molecule has 4 nitrogen and oxygen atoms in total. The van der Waals surface area contributed by atoms with Gasteiger partial charge in [-0.15, -0.1) is 0 Å². The average Bonchev–Trinajstić information content (AvgIpc) is 2.51. The molecule has 0 aliphatic heterocycles. The summed E-state index contributed by atoms with van der Waals surface area (Å²) in [5.41, 5.74) is 8.98. The third kappa shape index (κ3) is 1.37. The Kier molecular flexibility index (Phi) is 2.09. The molecule has 1 aliphatic carbocycles. The van der Waals surface area contributed by atoms with Crippen LogP contribution in [0.4, 0.5) is 5.95 Å². The topological polar surface area (TPSA) is 56.7 Å². The van der Waals surface area contributed by atoms with Crippen molar-refractivity contribution in [1.82, 2.24) is 14.5 Å². The molecule has 1 aliphatic rings. The van der Waals surface area contributed by atoms with E-state index < -0.39 is 0 Å². The van der Waals surface area contributed by atoms with Crippen LogP contribution in [0.1, 0.15) is 24.8 Å². The zero-order chi connectivity index (χ0) is 11.1. The summed E-state index contributed by atoms with van der Waals surface area (Å²) in [7, 11) is 0. The number of nitrogens with two attached hydrogens (primary N) is 1. The van der Waals surface area contributed by atoms with E-state index in [1.165, 1.54) is 19.3 Å². The van der Waals surface area contributed by atoms with Crippen molar-refractivity contribution in [2.45, 2.75) is 32.7 Å². The van der Waals surface area contributed by atoms with Gasteiger partial charge in [0, 0.05) is 12.7 Å². The van der Waals surface area contributed by atoms with Crippen molar-refractivity contribution in [3.05, 3.63) is 17.8 Å². The number of aryl methyl sites for hydroxylation is 1. The molecule has 0 aromatic carbocycles. The highest BCUT2D eigenvalue weighted by atomic mass is 15.2. The maximum absolute atomic E-state index is 5.96. The largest absolute Gasteiger partial charge is 0.369 e. The van der Waals surface area contributed by atoms with Crippen molar-refractivity contribution in [2.24, 2.45) is 5.92 Å². The minimum absolute atomic E-state index is 0.601. The van der Waals surface area contributed by atoms with Crippen LogP contribution < -0.4 is 5.73 Å². The molecule has 0 amide bonds. The summed E-state index contributed by atoms with van der Waals surface area (Å²) >= 11 is 0. The second kappa shape index (κ2) is 3.47. The Bertz CT molecular complexity index is 525. The Balaban J connectivity index is 2.08. The number of pyridine rings is 1. The van der Waals surface area contributed by atoms with E-state index in [0.717, 1.165) is 29.2 Å². The van der Waals surface area contributed by atoms with Gasteiger partial charge in [0.1, 0.15) is 5.52 Å². The van der Waals surface area contributed by atoms with E-state index >= 15 is 0 Å². The van der Waals surface area contributed by atoms with Crippen LogP contribution in [0.25, 0.3) is 11.2 Å². The Morgan fingerprint density at radius 2 is 2.31 bits per heavy atom. The van der Waals surface area contributed by atoms with Crippen LogP contribution in [0.5, 0.6) is 0 Å². The molecule has 1 saturated carbocycles. The molecule has 0 radical (unpaired) electrons. The zero-order valence-corrected chi connectivity index (χ0v) is 9.48. The molecule has 2 aromatic heterocycles. The minimum Gasteiger partial charge on any atom is -0.369 e. The van der Waals surface area contributed by atoms with Gasteiger partial charge in [0.25, 0.3) is 0 Å². The fourth-order valence-electron chi connectivity index (χ4n) is 2.27. The lowest BCUT2D eigenvalue weighted by Crippen LogP contribution is -2.19. The standard InChI is InChI=1S/C12H16N4/c1-8-5-6-14-11-10(8)15-12(13)16(11)7-9-3-2-4-9/h5-6,9H,2-4,7H2,1H3,(H2,13,15). The maximum Gasteiger partial charge on any atom is 0.202 e. The number of anilines is 1. The quantitative estimate of drug-likeness (QED) is 0.836. The van der Waals surface area contributed by atoms with E-state index in [2.05, 4.69) is 14.5 Å². The molecule has 0 saturated heterocycles. The predicted octanol–water partition coefficient (Wildman–Crippen LogP) is 2.12. The van der Waals surface area contributed by atoms with E-state index in [4.69, 9.17) is 5.73 Å². The zero-order valence-electron chi connectivity index (χ0n) is 9.48. The normalized spacial score (nSPS) is 16.6. The average molecular weight is 216 g/mol. The van der Waals surface area contributed by atoms with Crippen molar-refractivity contribution < 1.29 is 0 Å². The van der Waals surface area contributed by atoms with Crippen LogP contribution in [0.2, 0.25) is 0 Å². The molecule has 0 atom stereocenters. The highest BCUT2D eigenvalue weighted by molar-refractivity contribution is 5.77. The summed E-state index contributed by atoms with van der Waals surface area (Å²) in [5.74, 6) is 1.37. The number of nitrogens with zero attached hydrogens (tertiary/aromatic N) is 3. The fraction of sp³-hybridized carbons (Fsp3) is 0.500. The molecule has 3 rings (SSSR count). The molecule has 0 spiro atoms. The Morgan fingerprint density at radius 3 is 3.00 bits per heavy atom. The first-order chi connectivity index (χ1) is 7.75. The second-order valence-electron chi connectivity index (χ2n) is 4.68. The summed E-state index contributed by atoms with van der Waals surface area (Å²) in [5, 5.41) is 0. The molecule has 1 fully saturated rings. The van der Waals surface area contributed by atoms with Crippen LogP contribution in [-0.4, -0.2) is 14.5 Å². The SMILES string of the molecule is Cc1ccnc2c1nc(N)n2CC1CCC1. The molecule has 0 bridgehead atoms. The summed E-state index contributed by atoms with van der Waals surface area (Å²) < 4.78 is 2.06. The fourth-order valence-corrected chi connectivity index (χ4v) is 2.27. The Labute approximate surface area is 94.5 Å². The number of fused-ring (bicyclic) bond motifs is 1. The van der Waals surface area contributed by atoms with Gasteiger partial charge in [0.15, 0.2) is 5.65 Å². The lowest BCUT2D eigenvalue weighted by Gasteiger charge is -2.25. The molecule has 16 heavy (non-hydrogen) atoms. The molecule has 0 unspecified atom stereocenters. The summed E-state index contributed by atoms with van der Waals surface area (Å²) in [4.78, 5) is 8.80. The first-order valence-corrected chi connectivity index (χ1v) is 5.83. The van der Waals surface area contributed by atoms with Crippen LogP contribution in [0, 0.1) is 12.8 Å². The number of rotatable bonds is 2. The molecule has 2 aromatic rings. The maximum atomic E-state index is 5.96. The summed E-state index contributed by atoms with van der Waals surface area (Å²) in [6.45, 7) is 3.02. The van der Waals surface area contributed by atoms with Crippen molar-refractivity contribution in [2.75, 3.05) is 5.73 Å². The molecular weight excluding hydrogens is 200 g/mol. The molecule has 2 N–H and O–H groups in total. The van der Waals surface area contributed by atoms with E-state index in [0.29, 0.717) is 5.95 Å². The van der Waals surface area contributed by atoms with Crippen LogP contribution in [0.3, 0.4) is 0 Å². The number of aromatic nitrogens is 3. The van der Waals surface area contributed by atoms with E-state index in [1.807, 2.05) is 19.2 Å². The number of hydrogen-bond donors (Lipinski definition) is 1. The van der Waals surface area contributed by atoms with E-state index in [1.54, 1.807) is 0 Å². The van der Waals surface area contributed by atoms with Crippen LogP contribution in [0.15, 0.2) is 12.3 Å². The van der Waals surface area contributed by atoms with Gasteiger partial charge in [-0.2, -0.15) is 0 Å². The molecule has 4 heteroatoms. The van der Waals surface area contributed by atoms with E-state index in [9.17, 15) is 0 Å². The Hall–Kier alpha value is -1.58. The second-order valence-corrected chi connectivity index (χ2v) is 4.68. The third-order valence-electron chi connectivity index (χ3n) is 3.53. The highest BCUT2D eigenvalue weighted by Gasteiger charge is 2.20. The van der Waals surface area contributed by atoms with Gasteiger partial charge in [-0.1, -0.05) is 6.42 Å². The van der Waals surface area contributed by atoms with Gasteiger partial charge in [0.2, 0.25) is 5.95 Å². The van der Waals surface area contributed by atoms with Gasteiger partial charge in [0.05, 0.1) is 0 Å². The highest BCUT2D eigenvalue weighted by Crippen LogP contribution is 2.30. The van der Waals surface area contributed by atoms with Crippen molar-refractivity contribution >= 4 is 17.1 Å². The number of imidazole rings is 1. The smallest absolute Gasteiger partial charge is 0.202 e. The predicted molar refractivity (Wildman–Crippen MR) is 64.0 cm³/mol. The minimum atomic E-state index is 0.601. The first kappa shape index (κ1) is 9.63. The molecule has 84 valence electrons. The van der Waals surface area contributed by atoms with Gasteiger partial charge in [-0.3, -0.25) is 4.57 Å². The number of hydrogen-bond acceptors (Lipinski definition) is 3. The molecular formula is C12H16N4.